The van der Waals surface area contributed by atoms with Gasteiger partial charge in [-0.25, -0.2) is 0 Å². The molecule has 0 spiro atoms. The molecule has 0 N–H and O–H groups in total. The number of aliphatic imine (C=N–C) groups is 1. The summed E-state index contributed by atoms with van der Waals surface area (Å²) in [6.07, 6.45) is 5.96. The van der Waals surface area contributed by atoms with Gasteiger partial charge in [-0.05, 0) is 78.8 Å². The highest BCUT2D eigenvalue weighted by molar-refractivity contribution is 5.78. The van der Waals surface area contributed by atoms with Crippen molar-refractivity contribution in [2.45, 2.75) is 58.0 Å². The summed E-state index contributed by atoms with van der Waals surface area (Å²) in [6, 6.07) is 24.4. The van der Waals surface area contributed by atoms with Gasteiger partial charge in [0.25, 0.3) is 0 Å². The third kappa shape index (κ3) is 6.31. The summed E-state index contributed by atoms with van der Waals surface area (Å²) < 4.78 is 6.51. The quantitative estimate of drug-likeness (QED) is 0.182. The van der Waals surface area contributed by atoms with E-state index in [0.29, 0.717) is 6.04 Å². The number of aryl methyl sites for hydroxylation is 2. The van der Waals surface area contributed by atoms with Crippen molar-refractivity contribution >= 4 is 11.6 Å². The number of quaternary nitrogens is 1. The second-order valence-corrected chi connectivity index (χ2v) is 11.5. The Balaban J connectivity index is 1.28. The molecule has 5 rings (SSSR count). The zero-order chi connectivity index (χ0) is 25.8. The first-order chi connectivity index (χ1) is 17.9. The van der Waals surface area contributed by atoms with Gasteiger partial charge in [0.1, 0.15) is 6.54 Å². The van der Waals surface area contributed by atoms with E-state index in [9.17, 15) is 5.11 Å². The lowest BCUT2D eigenvalue weighted by molar-refractivity contribution is -0.929. The Morgan fingerprint density at radius 3 is 2.32 bits per heavy atom. The standard InChI is InChI=1S/C33H40N2O2/c1-24-7-11-27(12-8-24)28-14-13-26-5-4-6-29(22-30(26)21-28)33(36)34-31-15-9-25(10-16-31)23-35(2,3)32-17-19-37-20-18-32/h7-16,21,29,32H,4-6,17-20,22-23H2,1-3H3. The molecule has 4 heteroatoms. The van der Waals surface area contributed by atoms with Gasteiger partial charge in [-0.3, -0.25) is 4.99 Å². The van der Waals surface area contributed by atoms with Crippen LogP contribution in [0.25, 0.3) is 11.1 Å². The maximum absolute atomic E-state index is 13.3. The molecule has 4 nitrogen and oxygen atoms in total. The van der Waals surface area contributed by atoms with E-state index in [2.05, 4.69) is 80.6 Å². The molecule has 0 radical (unpaired) electrons. The van der Waals surface area contributed by atoms with Gasteiger partial charge in [-0.1, -0.05) is 60.2 Å². The molecule has 1 saturated heterocycles. The molecule has 3 aromatic rings. The SMILES string of the molecule is Cc1ccc(-c2ccc3c(c2)CC(C([O-])=Nc2ccc(C[N+](C)(C)C4CCOCC4)cc2)CCC3)cc1. The molecule has 3 aromatic carbocycles. The van der Waals surface area contributed by atoms with E-state index in [-0.39, 0.29) is 11.8 Å². The number of hydrogen-bond acceptors (Lipinski definition) is 3. The van der Waals surface area contributed by atoms with Crippen molar-refractivity contribution in [1.29, 1.82) is 0 Å². The van der Waals surface area contributed by atoms with Crippen molar-refractivity contribution in [3.05, 3.63) is 89.0 Å². The van der Waals surface area contributed by atoms with E-state index in [1.165, 1.54) is 33.4 Å². The lowest BCUT2D eigenvalue weighted by Crippen LogP contribution is -2.50. The third-order valence-electron chi connectivity index (χ3n) is 8.35. The first kappa shape index (κ1) is 25.7. The Bertz CT molecular complexity index is 1220. The maximum Gasteiger partial charge on any atom is 0.104 e. The smallest absolute Gasteiger partial charge is 0.104 e. The highest BCUT2D eigenvalue weighted by Crippen LogP contribution is 2.30. The summed E-state index contributed by atoms with van der Waals surface area (Å²) in [5, 5.41) is 13.3. The number of benzene rings is 3. The van der Waals surface area contributed by atoms with Gasteiger partial charge in [-0.15, -0.1) is 0 Å². The van der Waals surface area contributed by atoms with Crippen molar-refractivity contribution in [2.24, 2.45) is 10.9 Å². The lowest BCUT2D eigenvalue weighted by Gasteiger charge is -2.40. The molecule has 1 aliphatic carbocycles. The van der Waals surface area contributed by atoms with Crippen molar-refractivity contribution in [3.63, 3.8) is 0 Å². The molecular formula is C33H40N2O2. The summed E-state index contributed by atoms with van der Waals surface area (Å²) in [7, 11) is 4.62. The van der Waals surface area contributed by atoms with Crippen LogP contribution in [-0.4, -0.2) is 43.7 Å². The van der Waals surface area contributed by atoms with Crippen molar-refractivity contribution in [2.75, 3.05) is 27.3 Å². The van der Waals surface area contributed by atoms with E-state index in [1.54, 1.807) is 0 Å². The zero-order valence-corrected chi connectivity index (χ0v) is 22.6. The summed E-state index contributed by atoms with van der Waals surface area (Å²) >= 11 is 0. The average Bonchev–Trinajstić information content (AvgIpc) is 3.13. The topological polar surface area (TPSA) is 44.7 Å². The van der Waals surface area contributed by atoms with Crippen LogP contribution in [0.5, 0.6) is 0 Å². The van der Waals surface area contributed by atoms with Gasteiger partial charge in [0, 0.05) is 18.4 Å². The molecule has 1 unspecified atom stereocenters. The number of fused-ring (bicyclic) bond motifs is 1. The van der Waals surface area contributed by atoms with Crippen LogP contribution < -0.4 is 5.11 Å². The van der Waals surface area contributed by atoms with Crippen LogP contribution in [-0.2, 0) is 24.1 Å². The van der Waals surface area contributed by atoms with E-state index < -0.39 is 0 Å². The minimum Gasteiger partial charge on any atom is -0.861 e. The fraction of sp³-hybridized carbons (Fsp3) is 0.424. The summed E-state index contributed by atoms with van der Waals surface area (Å²) in [5.74, 6) is -0.0435. The van der Waals surface area contributed by atoms with Gasteiger partial charge in [0.15, 0.2) is 0 Å². The van der Waals surface area contributed by atoms with E-state index in [1.807, 2.05) is 12.1 Å². The lowest BCUT2D eigenvalue weighted by atomic mass is 9.93. The predicted octanol–water partition coefficient (Wildman–Crippen LogP) is 6.00. The molecule has 1 fully saturated rings. The van der Waals surface area contributed by atoms with Crippen LogP contribution in [0.3, 0.4) is 0 Å². The molecule has 0 amide bonds. The summed E-state index contributed by atoms with van der Waals surface area (Å²) in [5.41, 5.74) is 8.44. The highest BCUT2D eigenvalue weighted by atomic mass is 16.5. The summed E-state index contributed by atoms with van der Waals surface area (Å²) in [6.45, 7) is 4.82. The van der Waals surface area contributed by atoms with E-state index in [0.717, 1.165) is 68.5 Å². The Hall–Kier alpha value is -2.95. The molecule has 0 saturated carbocycles. The third-order valence-corrected chi connectivity index (χ3v) is 8.35. The fourth-order valence-corrected chi connectivity index (χ4v) is 5.98. The van der Waals surface area contributed by atoms with Gasteiger partial charge < -0.3 is 14.3 Å². The molecule has 1 aliphatic heterocycles. The number of rotatable bonds is 6. The minimum absolute atomic E-state index is 0.0136. The Labute approximate surface area is 222 Å². The van der Waals surface area contributed by atoms with E-state index in [4.69, 9.17) is 4.74 Å². The fourth-order valence-electron chi connectivity index (χ4n) is 5.98. The van der Waals surface area contributed by atoms with Crippen LogP contribution in [0.15, 0.2) is 71.7 Å². The van der Waals surface area contributed by atoms with Crippen molar-refractivity contribution in [1.82, 2.24) is 0 Å². The highest BCUT2D eigenvalue weighted by Gasteiger charge is 2.30. The number of nitrogens with zero attached hydrogens (tertiary/aromatic N) is 2. The molecule has 37 heavy (non-hydrogen) atoms. The normalized spacial score (nSPS) is 19.3. The Kier molecular flexibility index (Phi) is 7.78. The first-order valence-corrected chi connectivity index (χ1v) is 13.8. The van der Waals surface area contributed by atoms with Gasteiger partial charge in [0.05, 0.1) is 39.0 Å². The van der Waals surface area contributed by atoms with Crippen molar-refractivity contribution in [3.8, 4) is 11.1 Å². The van der Waals surface area contributed by atoms with Crippen LogP contribution in [0, 0.1) is 12.8 Å². The minimum atomic E-state index is -0.0571. The zero-order valence-electron chi connectivity index (χ0n) is 22.6. The van der Waals surface area contributed by atoms with Gasteiger partial charge >= 0.3 is 0 Å². The predicted molar refractivity (Wildman–Crippen MR) is 150 cm³/mol. The molecular weight excluding hydrogens is 456 g/mol. The van der Waals surface area contributed by atoms with Crippen LogP contribution >= 0.6 is 0 Å². The monoisotopic (exact) mass is 496 g/mol. The molecule has 1 heterocycles. The summed E-state index contributed by atoms with van der Waals surface area (Å²) in [4.78, 5) is 4.55. The van der Waals surface area contributed by atoms with Crippen LogP contribution in [0.4, 0.5) is 5.69 Å². The first-order valence-electron chi connectivity index (χ1n) is 13.8. The number of ether oxygens (including phenoxy) is 1. The largest absolute Gasteiger partial charge is 0.861 e. The number of hydrogen-bond donors (Lipinski definition) is 0. The molecule has 1 atom stereocenters. The van der Waals surface area contributed by atoms with Gasteiger partial charge in [0.2, 0.25) is 0 Å². The van der Waals surface area contributed by atoms with Gasteiger partial charge in [-0.2, -0.15) is 0 Å². The van der Waals surface area contributed by atoms with E-state index >= 15 is 0 Å². The maximum atomic E-state index is 13.3. The van der Waals surface area contributed by atoms with Crippen LogP contribution in [0.1, 0.15) is 47.9 Å². The molecule has 2 aliphatic rings. The molecule has 194 valence electrons. The molecule has 0 aromatic heterocycles. The second kappa shape index (κ2) is 11.2. The Morgan fingerprint density at radius 2 is 1.59 bits per heavy atom. The van der Waals surface area contributed by atoms with Crippen LogP contribution in [0.2, 0.25) is 0 Å². The average molecular weight is 497 g/mol. The Morgan fingerprint density at radius 1 is 0.892 bits per heavy atom. The second-order valence-electron chi connectivity index (χ2n) is 11.5. The molecule has 0 bridgehead atoms. The van der Waals surface area contributed by atoms with Crippen molar-refractivity contribution < 1.29 is 14.3 Å².